The van der Waals surface area contributed by atoms with E-state index in [-0.39, 0.29) is 0 Å². The largest absolute Gasteiger partial charge is 0.378 e. The number of aryl methyl sites for hydroxylation is 1. The molecule has 1 aromatic heterocycles. The van der Waals surface area contributed by atoms with E-state index < -0.39 is 0 Å². The van der Waals surface area contributed by atoms with Crippen LogP contribution >= 0.6 is 0 Å². The molecule has 0 atom stereocenters. The lowest BCUT2D eigenvalue weighted by Crippen LogP contribution is -2.52. The number of hydrogen-bond donors (Lipinski definition) is 1. The number of nitrogens with one attached hydrogen (secondary N) is 1. The normalized spacial score (nSPS) is 19.8. The second kappa shape index (κ2) is 13.0. The van der Waals surface area contributed by atoms with Crippen LogP contribution in [0.15, 0.2) is 15.6 Å². The summed E-state index contributed by atoms with van der Waals surface area (Å²) in [6, 6.07) is 2.03. The molecule has 30 heavy (non-hydrogen) atoms. The van der Waals surface area contributed by atoms with Gasteiger partial charge in [-0.05, 0) is 39.5 Å². The fraction of sp³-hybridized carbons (Fsp3) is 0.826. The van der Waals surface area contributed by atoms with Crippen LogP contribution in [0.5, 0.6) is 0 Å². The molecule has 2 fully saturated rings. The highest BCUT2D eigenvalue weighted by molar-refractivity contribution is 5.80. The number of nitrogens with zero attached hydrogens (tertiary/aromatic N) is 4. The van der Waals surface area contributed by atoms with Crippen LogP contribution < -0.4 is 5.32 Å². The molecule has 7 nitrogen and oxygen atoms in total. The molecule has 7 heteroatoms. The molecule has 1 aliphatic heterocycles. The van der Waals surface area contributed by atoms with E-state index in [0.29, 0.717) is 6.10 Å². The molecule has 1 N–H and O–H groups in total. The van der Waals surface area contributed by atoms with Gasteiger partial charge in [-0.1, -0.05) is 30.8 Å². The zero-order chi connectivity index (χ0) is 21.0. The molecule has 170 valence electrons. The van der Waals surface area contributed by atoms with E-state index in [2.05, 4.69) is 27.2 Å². The lowest BCUT2D eigenvalue weighted by Gasteiger charge is -2.36. The van der Waals surface area contributed by atoms with Crippen LogP contribution in [0.1, 0.15) is 69.7 Å². The molecule has 0 radical (unpaired) electrons. The van der Waals surface area contributed by atoms with Gasteiger partial charge in [-0.3, -0.25) is 9.89 Å². The number of aliphatic imine (C=N–C) groups is 1. The van der Waals surface area contributed by atoms with Gasteiger partial charge in [0.2, 0.25) is 0 Å². The van der Waals surface area contributed by atoms with Gasteiger partial charge in [0.25, 0.3) is 0 Å². The fourth-order valence-electron chi connectivity index (χ4n) is 4.32. The number of aromatic nitrogens is 1. The summed E-state index contributed by atoms with van der Waals surface area (Å²) in [4.78, 5) is 9.70. The predicted molar refractivity (Wildman–Crippen MR) is 121 cm³/mol. The van der Waals surface area contributed by atoms with Crippen molar-refractivity contribution in [3.63, 3.8) is 0 Å². The van der Waals surface area contributed by atoms with E-state index in [9.17, 15) is 0 Å². The van der Waals surface area contributed by atoms with Gasteiger partial charge >= 0.3 is 0 Å². The SMILES string of the molecule is CCNC(=NCCCCOC1CCCCCC1)N1CCN(Cc2cc(C)on2)CC1. The summed E-state index contributed by atoms with van der Waals surface area (Å²) < 4.78 is 11.3. The van der Waals surface area contributed by atoms with Crippen molar-refractivity contribution in [2.45, 2.75) is 77.9 Å². The topological polar surface area (TPSA) is 66.1 Å². The Morgan fingerprint density at radius 3 is 2.60 bits per heavy atom. The lowest BCUT2D eigenvalue weighted by molar-refractivity contribution is 0.0412. The second-order valence-corrected chi connectivity index (χ2v) is 8.62. The summed E-state index contributed by atoms with van der Waals surface area (Å²) in [5.74, 6) is 1.93. The van der Waals surface area contributed by atoms with E-state index in [1.807, 2.05) is 13.0 Å². The van der Waals surface area contributed by atoms with Gasteiger partial charge in [0.1, 0.15) is 5.76 Å². The maximum absolute atomic E-state index is 6.10. The molecule has 0 aromatic carbocycles. The van der Waals surface area contributed by atoms with Gasteiger partial charge < -0.3 is 19.5 Å². The standard InChI is InChI=1S/C23H41N5O2/c1-3-24-23(25-12-8-9-17-29-22-10-6-4-5-7-11-22)28-15-13-27(14-16-28)19-21-18-20(2)30-26-21/h18,22H,3-17,19H2,1-2H3,(H,24,25). The van der Waals surface area contributed by atoms with Crippen LogP contribution in [-0.2, 0) is 11.3 Å². The smallest absolute Gasteiger partial charge is 0.194 e. The molecule has 0 unspecified atom stereocenters. The van der Waals surface area contributed by atoms with Crippen LogP contribution in [-0.4, -0.2) is 72.9 Å². The Bertz CT molecular complexity index is 617. The van der Waals surface area contributed by atoms with Crippen LogP contribution in [0.2, 0.25) is 0 Å². The Labute approximate surface area is 182 Å². The van der Waals surface area contributed by atoms with Crippen molar-refractivity contribution in [3.05, 3.63) is 17.5 Å². The summed E-state index contributed by atoms with van der Waals surface area (Å²) in [7, 11) is 0. The minimum absolute atomic E-state index is 0.505. The number of hydrogen-bond acceptors (Lipinski definition) is 5. The summed E-state index contributed by atoms with van der Waals surface area (Å²) in [5, 5.41) is 7.58. The van der Waals surface area contributed by atoms with E-state index >= 15 is 0 Å². The van der Waals surface area contributed by atoms with Gasteiger partial charge in [0, 0.05) is 58.5 Å². The zero-order valence-electron chi connectivity index (χ0n) is 19.1. The van der Waals surface area contributed by atoms with Crippen molar-refractivity contribution in [2.24, 2.45) is 4.99 Å². The summed E-state index contributed by atoms with van der Waals surface area (Å²) >= 11 is 0. The molecule has 1 aliphatic carbocycles. The van der Waals surface area contributed by atoms with E-state index in [4.69, 9.17) is 14.3 Å². The Morgan fingerprint density at radius 2 is 1.93 bits per heavy atom. The van der Waals surface area contributed by atoms with E-state index in [1.54, 1.807) is 0 Å². The van der Waals surface area contributed by atoms with Crippen molar-refractivity contribution < 1.29 is 9.26 Å². The molecule has 3 rings (SSSR count). The first kappa shape index (κ1) is 23.1. The number of ether oxygens (including phenoxy) is 1. The van der Waals surface area contributed by atoms with Crippen molar-refractivity contribution in [3.8, 4) is 0 Å². The van der Waals surface area contributed by atoms with E-state index in [0.717, 1.165) is 82.7 Å². The number of rotatable bonds is 9. The number of guanidine groups is 1. The van der Waals surface area contributed by atoms with Crippen LogP contribution in [0.3, 0.4) is 0 Å². The first-order chi connectivity index (χ1) is 14.7. The molecule has 2 heterocycles. The molecule has 1 saturated carbocycles. The molecule has 1 aromatic rings. The van der Waals surface area contributed by atoms with Crippen LogP contribution in [0.4, 0.5) is 0 Å². The summed E-state index contributed by atoms with van der Waals surface area (Å²) in [5.41, 5.74) is 1.02. The van der Waals surface area contributed by atoms with Crippen molar-refractivity contribution in [1.29, 1.82) is 0 Å². The average Bonchev–Trinajstić information content (AvgIpc) is 2.99. The molecule has 1 saturated heterocycles. The van der Waals surface area contributed by atoms with Crippen molar-refractivity contribution >= 4 is 5.96 Å². The highest BCUT2D eigenvalue weighted by Gasteiger charge is 2.20. The molecule has 0 amide bonds. The third-order valence-corrected chi connectivity index (χ3v) is 6.04. The summed E-state index contributed by atoms with van der Waals surface area (Å²) in [6.45, 7) is 11.6. The number of unbranched alkanes of at least 4 members (excludes halogenated alkanes) is 1. The molecule has 2 aliphatic rings. The van der Waals surface area contributed by atoms with Gasteiger partial charge in [-0.15, -0.1) is 0 Å². The first-order valence-electron chi connectivity index (χ1n) is 12.0. The van der Waals surface area contributed by atoms with E-state index in [1.165, 1.54) is 38.5 Å². The first-order valence-corrected chi connectivity index (χ1v) is 12.0. The Balaban J connectivity index is 1.33. The average molecular weight is 420 g/mol. The monoisotopic (exact) mass is 419 g/mol. The minimum Gasteiger partial charge on any atom is -0.378 e. The Hall–Kier alpha value is -1.60. The third kappa shape index (κ3) is 7.91. The fourth-order valence-corrected chi connectivity index (χ4v) is 4.32. The maximum atomic E-state index is 6.10. The van der Waals surface area contributed by atoms with Crippen LogP contribution in [0, 0.1) is 6.92 Å². The molecule has 0 bridgehead atoms. The third-order valence-electron chi connectivity index (χ3n) is 6.04. The zero-order valence-corrected chi connectivity index (χ0v) is 19.1. The Kier molecular flexibility index (Phi) is 9.96. The van der Waals surface area contributed by atoms with Crippen molar-refractivity contribution in [1.82, 2.24) is 20.3 Å². The quantitative estimate of drug-likeness (QED) is 0.286. The number of piperazine rings is 1. The lowest BCUT2D eigenvalue weighted by atomic mass is 10.1. The molecule has 0 spiro atoms. The molecular formula is C23H41N5O2. The maximum Gasteiger partial charge on any atom is 0.194 e. The highest BCUT2D eigenvalue weighted by Crippen LogP contribution is 2.20. The Morgan fingerprint density at radius 1 is 1.17 bits per heavy atom. The molecular weight excluding hydrogens is 378 g/mol. The minimum atomic E-state index is 0.505. The predicted octanol–water partition coefficient (Wildman–Crippen LogP) is 3.59. The van der Waals surface area contributed by atoms with Gasteiger partial charge in [-0.25, -0.2) is 0 Å². The van der Waals surface area contributed by atoms with Gasteiger partial charge in [0.15, 0.2) is 5.96 Å². The van der Waals surface area contributed by atoms with Crippen molar-refractivity contribution in [2.75, 3.05) is 45.9 Å². The second-order valence-electron chi connectivity index (χ2n) is 8.62. The van der Waals surface area contributed by atoms with Gasteiger partial charge in [0.05, 0.1) is 11.8 Å². The van der Waals surface area contributed by atoms with Crippen LogP contribution in [0.25, 0.3) is 0 Å². The summed E-state index contributed by atoms with van der Waals surface area (Å²) in [6.07, 6.45) is 10.7. The highest BCUT2D eigenvalue weighted by atomic mass is 16.5. The van der Waals surface area contributed by atoms with Gasteiger partial charge in [-0.2, -0.15) is 0 Å².